The Bertz CT molecular complexity index is 2270. The minimum Gasteiger partial charge on any atom is -0.506 e. The topological polar surface area (TPSA) is 216 Å². The second-order valence-electron chi connectivity index (χ2n) is 13.3. The van der Waals surface area contributed by atoms with Gasteiger partial charge in [0.2, 0.25) is 0 Å². The van der Waals surface area contributed by atoms with Crippen molar-refractivity contribution in [1.82, 2.24) is 0 Å². The first kappa shape index (κ1) is 42.6. The van der Waals surface area contributed by atoms with Crippen molar-refractivity contribution in [3.05, 3.63) is 98.1 Å². The number of ether oxygens (including phenoxy) is 5. The highest BCUT2D eigenvalue weighted by molar-refractivity contribution is 6.45. The molecular weight excluding hydrogens is 803 g/mol. The van der Waals surface area contributed by atoms with Gasteiger partial charge < -0.3 is 48.8 Å². The Morgan fingerprint density at radius 3 is 1.97 bits per heavy atom. The Balaban J connectivity index is 1.67. The second kappa shape index (κ2) is 18.2. The van der Waals surface area contributed by atoms with E-state index in [1.54, 1.807) is 25.1 Å². The van der Waals surface area contributed by atoms with Crippen molar-refractivity contribution in [2.45, 2.75) is 26.2 Å². The predicted molar refractivity (Wildman–Crippen MR) is 208 cm³/mol. The highest BCUT2D eigenvalue weighted by Gasteiger charge is 2.41. The maximum absolute atomic E-state index is 12.9. The van der Waals surface area contributed by atoms with Gasteiger partial charge in [0, 0.05) is 22.6 Å². The number of hydrogen-bond donors (Lipinski definition) is 3. The molecule has 3 aromatic carbocycles. The fourth-order valence-electron chi connectivity index (χ4n) is 6.67. The molecule has 0 aliphatic heterocycles. The Hall–Kier alpha value is -6.52. The second-order valence-corrected chi connectivity index (χ2v) is 14.2. The minimum absolute atomic E-state index is 0.00797. The van der Waals surface area contributed by atoms with Crippen molar-refractivity contribution < 1.29 is 67.8 Å². The number of aromatic hydroxyl groups is 1. The van der Waals surface area contributed by atoms with Crippen LogP contribution in [0.15, 0.2) is 70.8 Å². The van der Waals surface area contributed by atoms with Crippen LogP contribution in [0.2, 0.25) is 5.02 Å². The number of allylic oxidation sites excluding steroid dienone is 5. The van der Waals surface area contributed by atoms with E-state index in [4.69, 9.17) is 46.9 Å². The molecule has 0 atom stereocenters. The van der Waals surface area contributed by atoms with Gasteiger partial charge in [-0.05, 0) is 77.2 Å². The van der Waals surface area contributed by atoms with E-state index in [0.717, 1.165) is 10.5 Å². The number of carbonyl (C=O) groups is 6. The number of aryl methyl sites for hydroxylation is 1. The largest absolute Gasteiger partial charge is 0.506 e. The number of carbonyl (C=O) groups excluding carboxylic acids is 4. The van der Waals surface area contributed by atoms with Crippen LogP contribution in [0.4, 0.5) is 11.4 Å². The van der Waals surface area contributed by atoms with Crippen molar-refractivity contribution in [1.29, 1.82) is 0 Å². The number of phenols is 1. The van der Waals surface area contributed by atoms with Crippen molar-refractivity contribution in [3.8, 4) is 23.0 Å². The zero-order chi connectivity index (χ0) is 42.3. The van der Waals surface area contributed by atoms with Gasteiger partial charge in [0.25, 0.3) is 19.4 Å². The van der Waals surface area contributed by atoms with E-state index in [1.165, 1.54) is 41.3 Å². The van der Waals surface area contributed by atoms with E-state index in [9.17, 15) is 44.1 Å². The Kier molecular flexibility index (Phi) is 13.3. The quantitative estimate of drug-likeness (QED) is 0.0765. The summed E-state index contributed by atoms with van der Waals surface area (Å²) in [6.07, 6.45) is 2.85. The maximum Gasteiger partial charge on any atom is 0.323 e. The lowest BCUT2D eigenvalue weighted by atomic mass is 9.64. The zero-order valence-electron chi connectivity index (χ0n) is 31.2. The summed E-state index contributed by atoms with van der Waals surface area (Å²) in [4.78, 5) is 73.2. The highest BCUT2D eigenvalue weighted by atomic mass is 35.5. The van der Waals surface area contributed by atoms with Crippen LogP contribution in [0.1, 0.15) is 36.1 Å². The summed E-state index contributed by atoms with van der Waals surface area (Å²) in [6, 6.07) is 10.7. The van der Waals surface area contributed by atoms with Gasteiger partial charge in [0.05, 0.1) is 21.4 Å². The normalized spacial score (nSPS) is 13.8. The average molecular weight is 840 g/mol. The number of anilines is 2. The third-order valence-corrected chi connectivity index (χ3v) is 9.79. The summed E-state index contributed by atoms with van der Waals surface area (Å²) < 4.78 is 27.5. The molecule has 0 heterocycles. The van der Waals surface area contributed by atoms with E-state index in [1.807, 2.05) is 13.8 Å². The lowest BCUT2D eigenvalue weighted by molar-refractivity contribution is -0.137. The average Bonchev–Trinajstić information content (AvgIpc) is 3.16. The predicted octanol–water partition coefficient (Wildman–Crippen LogP) is 5.11. The molecule has 0 fully saturated rings. The van der Waals surface area contributed by atoms with E-state index in [2.05, 4.69) is 0 Å². The number of halogens is 2. The standard InChI is InChI=1S/C40H36Cl2N2O14/c1-22-4-5-30(43(15-37(50)51)17-54-19-45)35(8-22)56-6-7-57-36-11-25(34(58-21-47)14-31(36)44(16-38(52)53)18-55-20-46)39-23-9-28(41)32(48)12-26(23)40(2,3)27-13-33(49)29(42)10-24(27)39/h4-5,8-14,19-21,48H,6-7,15-18H2,1-3H3,(H,50,51)(H,52,53). The molecule has 3 N–H and O–H groups in total. The number of nitrogens with zero attached hydrogens (tertiary/aromatic N) is 2. The number of carboxylic acids is 2. The molecule has 2 aliphatic rings. The fraction of sp³-hybridized carbons (Fsp3) is 0.250. The molecule has 18 heteroatoms. The van der Waals surface area contributed by atoms with Gasteiger partial charge in [-0.15, -0.1) is 0 Å². The monoisotopic (exact) mass is 838 g/mol. The smallest absolute Gasteiger partial charge is 0.323 e. The number of fused-ring (bicyclic) bond motifs is 2. The number of rotatable bonds is 20. The maximum atomic E-state index is 12.9. The van der Waals surface area contributed by atoms with Crippen molar-refractivity contribution in [3.63, 3.8) is 0 Å². The van der Waals surface area contributed by atoms with Gasteiger partial charge in [-0.25, -0.2) is 0 Å². The Morgan fingerprint density at radius 1 is 0.776 bits per heavy atom. The molecule has 2 aliphatic carbocycles. The molecule has 0 amide bonds. The summed E-state index contributed by atoms with van der Waals surface area (Å²) in [5.41, 5.74) is 2.70. The van der Waals surface area contributed by atoms with Crippen LogP contribution in [-0.2, 0) is 43.7 Å². The van der Waals surface area contributed by atoms with Crippen molar-refractivity contribution >= 4 is 77.3 Å². The highest BCUT2D eigenvalue weighted by Crippen LogP contribution is 2.54. The van der Waals surface area contributed by atoms with Gasteiger partial charge in [-0.1, -0.05) is 43.1 Å². The lowest BCUT2D eigenvalue weighted by Gasteiger charge is -2.39. The molecule has 0 aromatic heterocycles. The third-order valence-electron chi connectivity index (χ3n) is 9.19. The summed E-state index contributed by atoms with van der Waals surface area (Å²) in [7, 11) is 0. The van der Waals surface area contributed by atoms with E-state index in [0.29, 0.717) is 33.5 Å². The van der Waals surface area contributed by atoms with Crippen LogP contribution >= 0.6 is 23.2 Å². The molecule has 58 heavy (non-hydrogen) atoms. The first-order valence-corrected chi connectivity index (χ1v) is 18.0. The lowest BCUT2D eigenvalue weighted by Crippen LogP contribution is -2.32. The molecular formula is C40H36Cl2N2O14. The summed E-state index contributed by atoms with van der Waals surface area (Å²) in [5, 5.41) is 29.9. The number of aliphatic carboxylic acids is 2. The molecule has 0 spiro atoms. The third kappa shape index (κ3) is 9.19. The van der Waals surface area contributed by atoms with E-state index >= 15 is 0 Å². The Morgan fingerprint density at radius 2 is 1.38 bits per heavy atom. The Labute approximate surface area is 341 Å². The molecule has 3 aromatic rings. The number of ketones is 1. The summed E-state index contributed by atoms with van der Waals surface area (Å²) >= 11 is 12.9. The first-order valence-electron chi connectivity index (χ1n) is 17.2. The SMILES string of the molecule is Cc1ccc(N(COC=O)CC(=O)O)c(OCCOc2cc(C3=C4C=C(Cl)C(=O)C=C4C(C)(C)c4cc(O)c(Cl)cc43)c(OC=O)cc2N(COC=O)CC(=O)O)c1. The molecule has 16 nitrogen and oxygen atoms in total. The zero-order valence-corrected chi connectivity index (χ0v) is 32.7. The molecule has 0 bridgehead atoms. The summed E-state index contributed by atoms with van der Waals surface area (Å²) in [6.45, 7) is 3.34. The van der Waals surface area contributed by atoms with E-state index < -0.39 is 43.0 Å². The molecule has 304 valence electrons. The van der Waals surface area contributed by atoms with Crippen LogP contribution in [-0.4, -0.2) is 92.2 Å². The molecule has 0 saturated heterocycles. The minimum atomic E-state index is -1.31. The summed E-state index contributed by atoms with van der Waals surface area (Å²) in [5.74, 6) is -3.10. The van der Waals surface area contributed by atoms with Crippen LogP contribution in [0.3, 0.4) is 0 Å². The fourth-order valence-corrected chi connectivity index (χ4v) is 7.00. The van der Waals surface area contributed by atoms with Gasteiger partial charge in [-0.2, -0.15) is 0 Å². The number of carboxylic acid groups (broad SMARTS) is 2. The van der Waals surface area contributed by atoms with Crippen molar-refractivity contribution in [2.24, 2.45) is 0 Å². The van der Waals surface area contributed by atoms with Crippen molar-refractivity contribution in [2.75, 3.05) is 49.6 Å². The molecule has 5 rings (SSSR count). The number of hydrogen-bond acceptors (Lipinski definition) is 14. The van der Waals surface area contributed by atoms with E-state index in [-0.39, 0.29) is 83.7 Å². The van der Waals surface area contributed by atoms with Crippen LogP contribution < -0.4 is 24.0 Å². The van der Waals surface area contributed by atoms with Gasteiger partial charge in [0.15, 0.2) is 19.2 Å². The number of benzene rings is 3. The van der Waals surface area contributed by atoms with Gasteiger partial charge in [0.1, 0.15) is 49.3 Å². The van der Waals surface area contributed by atoms with Crippen LogP contribution in [0.5, 0.6) is 23.0 Å². The molecule has 0 radical (unpaired) electrons. The van der Waals surface area contributed by atoms with Gasteiger partial charge in [-0.3, -0.25) is 28.8 Å². The molecule has 0 saturated carbocycles. The number of phenolic OH excluding ortho intramolecular Hbond substituents is 1. The molecule has 0 unspecified atom stereocenters. The first-order chi connectivity index (χ1) is 27.6. The van der Waals surface area contributed by atoms with Crippen LogP contribution in [0.25, 0.3) is 5.57 Å². The van der Waals surface area contributed by atoms with Crippen LogP contribution in [0, 0.1) is 6.92 Å². The van der Waals surface area contributed by atoms with Gasteiger partial charge >= 0.3 is 11.9 Å².